The minimum absolute atomic E-state index is 0.0180. The predicted octanol–water partition coefficient (Wildman–Crippen LogP) is 2.95. The van der Waals surface area contributed by atoms with E-state index in [1.807, 2.05) is 46.7 Å². The molecule has 1 N–H and O–H groups in total. The quantitative estimate of drug-likeness (QED) is 0.632. The van der Waals surface area contributed by atoms with Crippen LogP contribution in [-0.2, 0) is 16.1 Å². The molecule has 0 saturated carbocycles. The first-order valence-electron chi connectivity index (χ1n) is 10.1. The summed E-state index contributed by atoms with van der Waals surface area (Å²) in [4.78, 5) is 35.7. The van der Waals surface area contributed by atoms with E-state index in [9.17, 15) is 9.59 Å². The topological polar surface area (TPSA) is 91.6 Å². The molecule has 31 heavy (non-hydrogen) atoms. The van der Waals surface area contributed by atoms with Crippen molar-refractivity contribution >= 4 is 40.6 Å². The third kappa shape index (κ3) is 4.51. The van der Waals surface area contributed by atoms with Gasteiger partial charge in [-0.25, -0.2) is 0 Å². The summed E-state index contributed by atoms with van der Waals surface area (Å²) < 4.78 is 5.38. The van der Waals surface area contributed by atoms with Gasteiger partial charge in [0.1, 0.15) is 0 Å². The van der Waals surface area contributed by atoms with Gasteiger partial charge in [-0.1, -0.05) is 23.4 Å². The summed E-state index contributed by atoms with van der Waals surface area (Å²) in [7, 11) is 0. The Labute approximate surface area is 187 Å². The van der Waals surface area contributed by atoms with Gasteiger partial charge in [0.15, 0.2) is 0 Å². The molecule has 0 radical (unpaired) electrons. The molecule has 5 rings (SSSR count). The highest BCUT2D eigenvalue weighted by Crippen LogP contribution is 2.36. The molecule has 0 bridgehead atoms. The van der Waals surface area contributed by atoms with Gasteiger partial charge in [0, 0.05) is 37.5 Å². The molecule has 2 aliphatic rings. The van der Waals surface area contributed by atoms with Gasteiger partial charge in [0.05, 0.1) is 22.4 Å². The smallest absolute Gasteiger partial charge is 0.241 e. The normalized spacial score (nSPS) is 19.2. The fourth-order valence-corrected chi connectivity index (χ4v) is 5.44. The monoisotopic (exact) mass is 455 g/mol. The van der Waals surface area contributed by atoms with E-state index in [0.717, 1.165) is 28.5 Å². The van der Waals surface area contributed by atoms with E-state index in [0.29, 0.717) is 31.3 Å². The van der Waals surface area contributed by atoms with Crippen LogP contribution in [0.5, 0.6) is 0 Å². The Morgan fingerprint density at radius 1 is 1.16 bits per heavy atom. The number of rotatable bonds is 5. The van der Waals surface area contributed by atoms with Gasteiger partial charge < -0.3 is 14.7 Å². The lowest BCUT2D eigenvalue weighted by atomic mass is 10.2. The summed E-state index contributed by atoms with van der Waals surface area (Å²) in [6.45, 7) is 3.28. The number of nitrogens with one attached hydrogen (secondary N) is 1. The summed E-state index contributed by atoms with van der Waals surface area (Å²) in [6, 6.07) is 11.6. The Bertz CT molecular complexity index is 1080. The molecule has 1 fully saturated rings. The summed E-state index contributed by atoms with van der Waals surface area (Å²) in [5, 5.41) is 8.54. The Kier molecular flexibility index (Phi) is 5.75. The first kappa shape index (κ1) is 20.2. The molecule has 1 atom stereocenters. The maximum Gasteiger partial charge on any atom is 0.241 e. The highest BCUT2D eigenvalue weighted by Gasteiger charge is 2.31. The number of piperazine rings is 1. The number of aromatic nitrogens is 2. The second kappa shape index (κ2) is 8.81. The van der Waals surface area contributed by atoms with Crippen LogP contribution in [0.15, 0.2) is 51.2 Å². The SMILES string of the molecule is O=C1Nc2ccccc2SC1CC(=O)N1CCN(Cc2nc(-c3cccs3)no2)CC1. The van der Waals surface area contributed by atoms with Crippen molar-refractivity contribution in [3.8, 4) is 10.7 Å². The molecular weight excluding hydrogens is 434 g/mol. The maximum absolute atomic E-state index is 12.8. The van der Waals surface area contributed by atoms with Gasteiger partial charge in [0.2, 0.25) is 23.5 Å². The van der Waals surface area contributed by atoms with Crippen LogP contribution in [0.1, 0.15) is 12.3 Å². The number of para-hydroxylation sites is 1. The molecule has 1 aromatic carbocycles. The van der Waals surface area contributed by atoms with Crippen LogP contribution in [-0.4, -0.2) is 63.2 Å². The van der Waals surface area contributed by atoms with Crippen molar-refractivity contribution in [3.63, 3.8) is 0 Å². The number of anilines is 1. The third-order valence-electron chi connectivity index (χ3n) is 5.36. The summed E-state index contributed by atoms with van der Waals surface area (Å²) in [5.41, 5.74) is 0.818. The number of hydrogen-bond acceptors (Lipinski definition) is 8. The highest BCUT2D eigenvalue weighted by molar-refractivity contribution is 8.01. The van der Waals surface area contributed by atoms with Gasteiger partial charge in [-0.2, -0.15) is 4.98 Å². The third-order valence-corrected chi connectivity index (χ3v) is 7.50. The number of thiophene rings is 1. The maximum atomic E-state index is 12.8. The average molecular weight is 456 g/mol. The summed E-state index contributed by atoms with van der Waals surface area (Å²) in [5.74, 6) is 1.11. The van der Waals surface area contributed by atoms with Gasteiger partial charge >= 0.3 is 0 Å². The predicted molar refractivity (Wildman–Crippen MR) is 119 cm³/mol. The van der Waals surface area contributed by atoms with Crippen molar-refractivity contribution in [2.24, 2.45) is 0 Å². The molecule has 3 aromatic rings. The van der Waals surface area contributed by atoms with Crippen LogP contribution in [0.4, 0.5) is 5.69 Å². The number of carbonyl (C=O) groups excluding carboxylic acids is 2. The Balaban J connectivity index is 1.12. The zero-order valence-corrected chi connectivity index (χ0v) is 18.3. The van der Waals surface area contributed by atoms with Crippen molar-refractivity contribution in [1.29, 1.82) is 0 Å². The number of amides is 2. The molecule has 1 unspecified atom stereocenters. The number of thioether (sulfide) groups is 1. The molecule has 0 aliphatic carbocycles. The lowest BCUT2D eigenvalue weighted by Crippen LogP contribution is -2.49. The van der Waals surface area contributed by atoms with Crippen LogP contribution >= 0.6 is 23.1 Å². The molecular formula is C21H21N5O3S2. The molecule has 1 saturated heterocycles. The number of carbonyl (C=O) groups is 2. The number of hydrogen-bond donors (Lipinski definition) is 1. The van der Waals surface area contributed by atoms with Crippen molar-refractivity contribution in [3.05, 3.63) is 47.7 Å². The van der Waals surface area contributed by atoms with Gasteiger partial charge in [-0.15, -0.1) is 23.1 Å². The van der Waals surface area contributed by atoms with E-state index in [2.05, 4.69) is 20.4 Å². The highest BCUT2D eigenvalue weighted by atomic mass is 32.2. The van der Waals surface area contributed by atoms with Crippen molar-refractivity contribution in [1.82, 2.24) is 19.9 Å². The zero-order chi connectivity index (χ0) is 21.2. The van der Waals surface area contributed by atoms with E-state index < -0.39 is 5.25 Å². The van der Waals surface area contributed by atoms with Crippen molar-refractivity contribution in [2.75, 3.05) is 31.5 Å². The van der Waals surface area contributed by atoms with Gasteiger partial charge in [-0.3, -0.25) is 14.5 Å². The first-order chi connectivity index (χ1) is 15.2. The van der Waals surface area contributed by atoms with E-state index in [1.165, 1.54) is 11.8 Å². The Morgan fingerprint density at radius 2 is 2.00 bits per heavy atom. The van der Waals surface area contributed by atoms with E-state index in [1.54, 1.807) is 11.3 Å². The molecule has 10 heteroatoms. The van der Waals surface area contributed by atoms with E-state index in [4.69, 9.17) is 4.52 Å². The lowest BCUT2D eigenvalue weighted by Gasteiger charge is -2.35. The molecule has 8 nitrogen and oxygen atoms in total. The molecule has 4 heterocycles. The van der Waals surface area contributed by atoms with Gasteiger partial charge in [-0.05, 0) is 23.6 Å². The largest absolute Gasteiger partial charge is 0.340 e. The summed E-state index contributed by atoms with van der Waals surface area (Å²) in [6.07, 6.45) is 0.207. The fourth-order valence-electron chi connectivity index (χ4n) is 3.69. The standard InChI is InChI=1S/C21H21N5O3S2/c27-19(12-17-21(28)22-14-4-1-2-5-15(14)31-17)26-9-7-25(8-10-26)13-18-23-20(24-29-18)16-6-3-11-30-16/h1-6,11,17H,7-10,12-13H2,(H,22,28). The Morgan fingerprint density at radius 3 is 2.81 bits per heavy atom. The second-order valence-electron chi connectivity index (χ2n) is 7.44. The van der Waals surface area contributed by atoms with Gasteiger partial charge in [0.25, 0.3) is 0 Å². The van der Waals surface area contributed by atoms with E-state index >= 15 is 0 Å². The molecule has 2 amide bonds. The van der Waals surface area contributed by atoms with Crippen molar-refractivity contribution in [2.45, 2.75) is 23.1 Å². The zero-order valence-electron chi connectivity index (χ0n) is 16.7. The van der Waals surface area contributed by atoms with Crippen molar-refractivity contribution < 1.29 is 14.1 Å². The molecule has 2 aromatic heterocycles. The van der Waals surface area contributed by atoms with Crippen LogP contribution in [0.2, 0.25) is 0 Å². The average Bonchev–Trinajstić information content (AvgIpc) is 3.47. The Hall–Kier alpha value is -2.69. The number of benzene rings is 1. The minimum Gasteiger partial charge on any atom is -0.340 e. The van der Waals surface area contributed by atoms with Crippen LogP contribution in [0.3, 0.4) is 0 Å². The molecule has 160 valence electrons. The van der Waals surface area contributed by atoms with Crippen LogP contribution in [0, 0.1) is 0 Å². The number of nitrogens with zero attached hydrogens (tertiary/aromatic N) is 4. The van der Waals surface area contributed by atoms with E-state index in [-0.39, 0.29) is 18.2 Å². The molecule has 0 spiro atoms. The lowest BCUT2D eigenvalue weighted by molar-refractivity contribution is -0.134. The summed E-state index contributed by atoms with van der Waals surface area (Å²) >= 11 is 3.04. The fraction of sp³-hybridized carbons (Fsp3) is 0.333. The second-order valence-corrected chi connectivity index (χ2v) is 9.63. The number of fused-ring (bicyclic) bond motifs is 1. The van der Waals surface area contributed by atoms with Crippen LogP contribution in [0.25, 0.3) is 10.7 Å². The van der Waals surface area contributed by atoms with Crippen LogP contribution < -0.4 is 5.32 Å². The minimum atomic E-state index is -0.394. The molecule has 2 aliphatic heterocycles. The first-order valence-corrected chi connectivity index (χ1v) is 11.8.